The van der Waals surface area contributed by atoms with Gasteiger partial charge in [0.2, 0.25) is 18.6 Å². The second-order valence-corrected chi connectivity index (χ2v) is 12.8. The van der Waals surface area contributed by atoms with Crippen LogP contribution in [0, 0.1) is 12.3 Å². The van der Waals surface area contributed by atoms with Crippen LogP contribution < -0.4 is 14.4 Å². The molecule has 9 heteroatoms. The molecule has 1 fully saturated rings. The lowest BCUT2D eigenvalue weighted by Crippen LogP contribution is -2.46. The molecular weight excluding hydrogens is 538 g/mol. The third-order valence-corrected chi connectivity index (χ3v) is 8.27. The fraction of sp³-hybridized carbons (Fsp3) is 0.312. The number of anilines is 1. The fourth-order valence-electron chi connectivity index (χ4n) is 5.20. The third-order valence-electron chi connectivity index (χ3n) is 7.21. The number of hydrogen-bond donors (Lipinski definition) is 0. The van der Waals surface area contributed by atoms with Crippen LogP contribution >= 0.6 is 11.3 Å². The number of carbonyl (C=O) groups is 3. The first-order chi connectivity index (χ1) is 19.6. The molecule has 1 atom stereocenters. The SMILES string of the molecule is Cc1ccc2nc(-c3ccc(N4C(=O)CC(N(Cc5ccc6c(c5)OCO6)C(=O)CC(C)(C)C)C4=O)cc3)sc2c1. The van der Waals surface area contributed by atoms with Crippen LogP contribution in [0.1, 0.15) is 44.7 Å². The number of benzene rings is 3. The number of carbonyl (C=O) groups excluding carboxylic acids is 3. The normalized spacial score (nSPS) is 16.6. The van der Waals surface area contributed by atoms with E-state index in [-0.39, 0.29) is 43.4 Å². The van der Waals surface area contributed by atoms with Gasteiger partial charge in [0, 0.05) is 18.5 Å². The van der Waals surface area contributed by atoms with Crippen LogP contribution in [-0.4, -0.2) is 40.4 Å². The number of ether oxygens (including phenoxy) is 2. The number of aromatic nitrogens is 1. The minimum absolute atomic E-state index is 0.0712. The van der Waals surface area contributed by atoms with Gasteiger partial charge < -0.3 is 14.4 Å². The highest BCUT2D eigenvalue weighted by atomic mass is 32.1. The molecule has 41 heavy (non-hydrogen) atoms. The van der Waals surface area contributed by atoms with Crippen LogP contribution in [0.2, 0.25) is 0 Å². The number of amides is 3. The number of hydrogen-bond acceptors (Lipinski definition) is 7. The molecule has 210 valence electrons. The largest absolute Gasteiger partial charge is 0.454 e. The van der Waals surface area contributed by atoms with E-state index in [1.54, 1.807) is 34.4 Å². The second-order valence-electron chi connectivity index (χ2n) is 11.8. The molecule has 0 saturated carbocycles. The average molecular weight is 570 g/mol. The number of rotatable bonds is 6. The average Bonchev–Trinajstić information content (AvgIpc) is 3.63. The highest BCUT2D eigenvalue weighted by Crippen LogP contribution is 2.36. The van der Waals surface area contributed by atoms with Gasteiger partial charge in [-0.05, 0) is 72.0 Å². The summed E-state index contributed by atoms with van der Waals surface area (Å²) in [5.41, 5.74) is 4.02. The molecule has 1 saturated heterocycles. The molecule has 0 bridgehead atoms. The van der Waals surface area contributed by atoms with Gasteiger partial charge in [0.05, 0.1) is 22.3 Å². The maximum absolute atomic E-state index is 13.8. The molecule has 3 heterocycles. The van der Waals surface area contributed by atoms with Crippen molar-refractivity contribution in [3.63, 3.8) is 0 Å². The first-order valence-electron chi connectivity index (χ1n) is 13.6. The lowest BCUT2D eigenvalue weighted by molar-refractivity contribution is -0.140. The van der Waals surface area contributed by atoms with E-state index in [1.807, 2.05) is 57.2 Å². The minimum Gasteiger partial charge on any atom is -0.454 e. The number of nitrogens with zero attached hydrogens (tertiary/aromatic N) is 3. The maximum Gasteiger partial charge on any atom is 0.257 e. The summed E-state index contributed by atoms with van der Waals surface area (Å²) < 4.78 is 12.0. The van der Waals surface area contributed by atoms with Gasteiger partial charge in [-0.25, -0.2) is 9.88 Å². The van der Waals surface area contributed by atoms with Crippen LogP contribution in [0.5, 0.6) is 11.5 Å². The molecule has 4 aromatic rings. The predicted molar refractivity (Wildman–Crippen MR) is 158 cm³/mol. The van der Waals surface area contributed by atoms with Gasteiger partial charge in [-0.2, -0.15) is 0 Å². The summed E-state index contributed by atoms with van der Waals surface area (Å²) in [6, 6.07) is 18.0. The lowest BCUT2D eigenvalue weighted by Gasteiger charge is -2.30. The van der Waals surface area contributed by atoms with Crippen molar-refractivity contribution in [1.82, 2.24) is 9.88 Å². The van der Waals surface area contributed by atoms with Crippen LogP contribution in [0.15, 0.2) is 60.7 Å². The first-order valence-corrected chi connectivity index (χ1v) is 14.4. The van der Waals surface area contributed by atoms with Gasteiger partial charge in [0.25, 0.3) is 5.91 Å². The number of thiazole rings is 1. The van der Waals surface area contributed by atoms with Gasteiger partial charge in [0.1, 0.15) is 11.0 Å². The van der Waals surface area contributed by atoms with E-state index in [2.05, 4.69) is 13.0 Å². The van der Waals surface area contributed by atoms with Gasteiger partial charge in [-0.1, -0.05) is 32.9 Å². The minimum atomic E-state index is -0.894. The zero-order valence-corrected chi connectivity index (χ0v) is 24.3. The summed E-state index contributed by atoms with van der Waals surface area (Å²) in [7, 11) is 0. The molecule has 2 aliphatic rings. The Labute approximate surface area is 242 Å². The van der Waals surface area contributed by atoms with E-state index in [9.17, 15) is 14.4 Å². The summed E-state index contributed by atoms with van der Waals surface area (Å²) in [4.78, 5) is 48.0. The summed E-state index contributed by atoms with van der Waals surface area (Å²) in [6.45, 7) is 8.31. The molecule has 3 amide bonds. The Morgan fingerprint density at radius 3 is 2.54 bits per heavy atom. The van der Waals surface area contributed by atoms with E-state index in [0.717, 1.165) is 26.4 Å². The standard InChI is InChI=1S/C32H31N3O5S/c1-19-5-11-23-27(13-19)41-30(33-23)21-7-9-22(10-8-21)35-28(36)15-24(31(35)38)34(29(37)16-32(2,3)4)17-20-6-12-25-26(14-20)40-18-39-25/h5-14,24H,15-18H2,1-4H3. The van der Waals surface area contributed by atoms with Crippen LogP contribution in [0.25, 0.3) is 20.8 Å². The molecule has 1 aromatic heterocycles. The molecule has 6 rings (SSSR count). The first kappa shape index (κ1) is 27.0. The number of imide groups is 1. The Bertz CT molecular complexity index is 1670. The predicted octanol–water partition coefficient (Wildman–Crippen LogP) is 6.10. The number of aryl methyl sites for hydroxylation is 1. The highest BCUT2D eigenvalue weighted by Gasteiger charge is 2.44. The van der Waals surface area contributed by atoms with E-state index in [0.29, 0.717) is 17.2 Å². The van der Waals surface area contributed by atoms with Crippen molar-refractivity contribution in [2.75, 3.05) is 11.7 Å². The summed E-state index contributed by atoms with van der Waals surface area (Å²) in [5, 5.41) is 0.872. The monoisotopic (exact) mass is 569 g/mol. The van der Waals surface area contributed by atoms with Gasteiger partial charge in [-0.3, -0.25) is 14.4 Å². The van der Waals surface area contributed by atoms with E-state index >= 15 is 0 Å². The Morgan fingerprint density at radius 2 is 1.78 bits per heavy atom. The van der Waals surface area contributed by atoms with E-state index < -0.39 is 11.9 Å². The van der Waals surface area contributed by atoms with Gasteiger partial charge in [-0.15, -0.1) is 11.3 Å². The second kappa shape index (κ2) is 10.3. The maximum atomic E-state index is 13.8. The zero-order chi connectivity index (χ0) is 28.9. The molecule has 2 aliphatic heterocycles. The van der Waals surface area contributed by atoms with Gasteiger partial charge in [0.15, 0.2) is 11.5 Å². The van der Waals surface area contributed by atoms with Crippen molar-refractivity contribution in [2.24, 2.45) is 5.41 Å². The fourth-order valence-corrected chi connectivity index (χ4v) is 6.27. The van der Waals surface area contributed by atoms with Crippen molar-refractivity contribution in [3.05, 3.63) is 71.8 Å². The Morgan fingerprint density at radius 1 is 1.02 bits per heavy atom. The van der Waals surface area contributed by atoms with Crippen molar-refractivity contribution in [3.8, 4) is 22.1 Å². The smallest absolute Gasteiger partial charge is 0.257 e. The quantitative estimate of drug-likeness (QED) is 0.261. The lowest BCUT2D eigenvalue weighted by atomic mass is 9.91. The molecule has 8 nitrogen and oxygen atoms in total. The highest BCUT2D eigenvalue weighted by molar-refractivity contribution is 7.21. The Balaban J connectivity index is 1.26. The van der Waals surface area contributed by atoms with Crippen molar-refractivity contribution >= 4 is 45.0 Å². The van der Waals surface area contributed by atoms with Crippen LogP contribution in [0.4, 0.5) is 5.69 Å². The molecule has 3 aromatic carbocycles. The Hall–Kier alpha value is -4.24. The molecule has 0 radical (unpaired) electrons. The molecule has 0 N–H and O–H groups in total. The number of fused-ring (bicyclic) bond motifs is 2. The van der Waals surface area contributed by atoms with Crippen molar-refractivity contribution in [2.45, 2.75) is 53.1 Å². The topological polar surface area (TPSA) is 89.0 Å². The molecule has 1 unspecified atom stereocenters. The van der Waals surface area contributed by atoms with Crippen LogP contribution in [-0.2, 0) is 20.9 Å². The van der Waals surface area contributed by atoms with E-state index in [1.165, 1.54) is 10.5 Å². The zero-order valence-electron chi connectivity index (χ0n) is 23.5. The van der Waals surface area contributed by atoms with Crippen molar-refractivity contribution in [1.29, 1.82) is 0 Å². The Kier molecular flexibility index (Phi) is 6.77. The van der Waals surface area contributed by atoms with E-state index in [4.69, 9.17) is 14.5 Å². The molecule has 0 aliphatic carbocycles. The van der Waals surface area contributed by atoms with Gasteiger partial charge >= 0.3 is 0 Å². The molecule has 0 spiro atoms. The summed E-state index contributed by atoms with van der Waals surface area (Å²) in [5.74, 6) is 0.335. The third kappa shape index (κ3) is 5.41. The summed E-state index contributed by atoms with van der Waals surface area (Å²) >= 11 is 1.60. The van der Waals surface area contributed by atoms with Crippen LogP contribution in [0.3, 0.4) is 0 Å². The molecular formula is C32H31N3O5S. The van der Waals surface area contributed by atoms with Crippen molar-refractivity contribution < 1.29 is 23.9 Å². The summed E-state index contributed by atoms with van der Waals surface area (Å²) in [6.07, 6.45) is 0.171.